The Labute approximate surface area is 162 Å². The van der Waals surface area contributed by atoms with Crippen LogP contribution in [-0.4, -0.2) is 20.7 Å². The van der Waals surface area contributed by atoms with Crippen LogP contribution in [0, 0.1) is 34.6 Å². The SMILES string of the molecule is Cc1ccc(NC(=O)CCc2c(C)[nH]n(-c3nc(C)c(C)s3)c2=O)cc1C. The van der Waals surface area contributed by atoms with Gasteiger partial charge in [0, 0.05) is 28.2 Å². The first-order chi connectivity index (χ1) is 12.8. The van der Waals surface area contributed by atoms with Gasteiger partial charge in [0.25, 0.3) is 5.56 Å². The number of aromatic nitrogens is 3. The van der Waals surface area contributed by atoms with E-state index in [0.717, 1.165) is 27.5 Å². The van der Waals surface area contributed by atoms with Crippen LogP contribution >= 0.6 is 11.3 Å². The number of nitrogens with one attached hydrogen (secondary N) is 2. The fourth-order valence-corrected chi connectivity index (χ4v) is 3.71. The van der Waals surface area contributed by atoms with Crippen molar-refractivity contribution in [2.24, 2.45) is 0 Å². The first-order valence-corrected chi connectivity index (χ1v) is 9.70. The molecule has 1 amide bonds. The van der Waals surface area contributed by atoms with Crippen LogP contribution in [0.4, 0.5) is 5.69 Å². The van der Waals surface area contributed by atoms with E-state index in [1.165, 1.54) is 21.6 Å². The third-order valence-corrected chi connectivity index (χ3v) is 5.85. The highest BCUT2D eigenvalue weighted by Crippen LogP contribution is 2.19. The minimum absolute atomic E-state index is 0.106. The Morgan fingerprint density at radius 1 is 1.19 bits per heavy atom. The molecule has 0 bridgehead atoms. The molecule has 0 atom stereocenters. The van der Waals surface area contributed by atoms with Crippen LogP contribution in [0.1, 0.15) is 39.4 Å². The summed E-state index contributed by atoms with van der Waals surface area (Å²) in [6.07, 6.45) is 0.630. The van der Waals surface area contributed by atoms with E-state index in [4.69, 9.17) is 0 Å². The average molecular weight is 385 g/mol. The fraction of sp³-hybridized carbons (Fsp3) is 0.350. The lowest BCUT2D eigenvalue weighted by Gasteiger charge is -2.07. The minimum atomic E-state index is -0.139. The third-order valence-electron chi connectivity index (χ3n) is 4.79. The first kappa shape index (κ1) is 19.1. The molecule has 3 rings (SSSR count). The minimum Gasteiger partial charge on any atom is -0.326 e. The molecule has 2 heterocycles. The maximum atomic E-state index is 12.7. The highest BCUT2D eigenvalue weighted by atomic mass is 32.1. The average Bonchev–Trinajstić information content (AvgIpc) is 3.08. The van der Waals surface area contributed by atoms with Gasteiger partial charge in [0.15, 0.2) is 0 Å². The third kappa shape index (κ3) is 4.03. The molecule has 1 aromatic carbocycles. The lowest BCUT2D eigenvalue weighted by molar-refractivity contribution is -0.116. The number of benzene rings is 1. The monoisotopic (exact) mass is 384 g/mol. The number of aryl methyl sites for hydroxylation is 5. The predicted molar refractivity (Wildman–Crippen MR) is 109 cm³/mol. The molecule has 142 valence electrons. The van der Waals surface area contributed by atoms with Gasteiger partial charge in [0.1, 0.15) is 0 Å². The number of thiazole rings is 1. The van der Waals surface area contributed by atoms with Crippen LogP contribution in [0.3, 0.4) is 0 Å². The van der Waals surface area contributed by atoms with Crippen LogP contribution in [0.2, 0.25) is 0 Å². The van der Waals surface area contributed by atoms with E-state index in [1.54, 1.807) is 0 Å². The smallest absolute Gasteiger partial charge is 0.276 e. The number of anilines is 1. The number of H-pyrrole nitrogens is 1. The molecule has 0 fully saturated rings. The number of nitrogens with zero attached hydrogens (tertiary/aromatic N) is 2. The Balaban J connectivity index is 1.71. The van der Waals surface area contributed by atoms with Crippen LogP contribution < -0.4 is 10.9 Å². The van der Waals surface area contributed by atoms with Crippen molar-refractivity contribution in [2.75, 3.05) is 5.32 Å². The van der Waals surface area contributed by atoms with Gasteiger partial charge in [0.2, 0.25) is 11.0 Å². The number of hydrogen-bond acceptors (Lipinski definition) is 4. The zero-order valence-corrected chi connectivity index (χ0v) is 17.1. The lowest BCUT2D eigenvalue weighted by atomic mass is 10.1. The topological polar surface area (TPSA) is 79.8 Å². The van der Waals surface area contributed by atoms with Gasteiger partial charge in [-0.05, 0) is 64.3 Å². The van der Waals surface area contributed by atoms with Crippen molar-refractivity contribution in [1.29, 1.82) is 0 Å². The Morgan fingerprint density at radius 2 is 1.93 bits per heavy atom. The normalized spacial score (nSPS) is 11.0. The number of carbonyl (C=O) groups is 1. The van der Waals surface area contributed by atoms with Gasteiger partial charge in [-0.2, -0.15) is 4.68 Å². The molecule has 0 aliphatic carbocycles. The van der Waals surface area contributed by atoms with E-state index in [9.17, 15) is 9.59 Å². The van der Waals surface area contributed by atoms with Crippen molar-refractivity contribution in [3.8, 4) is 5.13 Å². The second-order valence-electron chi connectivity index (χ2n) is 6.84. The summed E-state index contributed by atoms with van der Waals surface area (Å²) in [6.45, 7) is 9.80. The zero-order chi connectivity index (χ0) is 19.7. The molecular weight excluding hydrogens is 360 g/mol. The number of rotatable bonds is 5. The molecule has 0 saturated heterocycles. The molecule has 6 nitrogen and oxygen atoms in total. The summed E-state index contributed by atoms with van der Waals surface area (Å²) in [5, 5.41) is 6.61. The van der Waals surface area contributed by atoms with Crippen LogP contribution in [-0.2, 0) is 11.2 Å². The maximum absolute atomic E-state index is 12.7. The first-order valence-electron chi connectivity index (χ1n) is 8.88. The molecule has 0 saturated carbocycles. The summed E-state index contributed by atoms with van der Waals surface area (Å²) in [5.41, 5.74) is 5.26. The van der Waals surface area contributed by atoms with Crippen molar-refractivity contribution in [2.45, 2.75) is 47.5 Å². The van der Waals surface area contributed by atoms with E-state index in [0.29, 0.717) is 17.1 Å². The Kier molecular flexibility index (Phi) is 5.32. The molecule has 0 radical (unpaired) electrons. The van der Waals surface area contributed by atoms with Gasteiger partial charge in [-0.25, -0.2) is 4.98 Å². The van der Waals surface area contributed by atoms with Crippen LogP contribution in [0.25, 0.3) is 5.13 Å². The Bertz CT molecular complexity index is 1040. The second kappa shape index (κ2) is 7.52. The molecular formula is C20H24N4O2S. The summed E-state index contributed by atoms with van der Waals surface area (Å²) in [5.74, 6) is -0.106. The summed E-state index contributed by atoms with van der Waals surface area (Å²) < 4.78 is 1.47. The van der Waals surface area contributed by atoms with E-state index in [-0.39, 0.29) is 17.9 Å². The van der Waals surface area contributed by atoms with Crippen molar-refractivity contribution in [1.82, 2.24) is 14.8 Å². The molecule has 2 N–H and O–H groups in total. The van der Waals surface area contributed by atoms with Crippen molar-refractivity contribution >= 4 is 22.9 Å². The largest absolute Gasteiger partial charge is 0.326 e. The van der Waals surface area contributed by atoms with E-state index >= 15 is 0 Å². The van der Waals surface area contributed by atoms with Crippen LogP contribution in [0.15, 0.2) is 23.0 Å². The predicted octanol–water partition coefficient (Wildman–Crippen LogP) is 3.74. The van der Waals surface area contributed by atoms with Gasteiger partial charge < -0.3 is 5.32 Å². The molecule has 2 aromatic heterocycles. The van der Waals surface area contributed by atoms with Gasteiger partial charge in [-0.15, -0.1) is 0 Å². The number of carbonyl (C=O) groups excluding carboxylic acids is 1. The van der Waals surface area contributed by atoms with E-state index in [2.05, 4.69) is 15.4 Å². The summed E-state index contributed by atoms with van der Waals surface area (Å²) >= 11 is 1.47. The standard InChI is InChI=1S/C20H24N4O2S/c1-11-6-7-16(10-12(11)2)22-18(25)9-8-17-14(4)23-24(19(17)26)20-21-13(3)15(5)27-20/h6-7,10,23H,8-9H2,1-5H3,(H,22,25). The quantitative estimate of drug-likeness (QED) is 0.703. The van der Waals surface area contributed by atoms with Crippen molar-refractivity contribution in [3.05, 3.63) is 61.5 Å². The number of aromatic amines is 1. The second-order valence-corrected chi connectivity index (χ2v) is 8.02. The zero-order valence-electron chi connectivity index (χ0n) is 16.3. The van der Waals surface area contributed by atoms with Gasteiger partial charge >= 0.3 is 0 Å². The van der Waals surface area contributed by atoms with Gasteiger partial charge in [-0.1, -0.05) is 17.4 Å². The van der Waals surface area contributed by atoms with E-state index in [1.807, 2.05) is 52.8 Å². The van der Waals surface area contributed by atoms with Crippen molar-refractivity contribution < 1.29 is 4.79 Å². The molecule has 3 aromatic rings. The lowest BCUT2D eigenvalue weighted by Crippen LogP contribution is -2.19. The number of hydrogen-bond donors (Lipinski definition) is 2. The Morgan fingerprint density at radius 3 is 2.56 bits per heavy atom. The summed E-state index contributed by atoms with van der Waals surface area (Å²) in [7, 11) is 0. The maximum Gasteiger partial charge on any atom is 0.276 e. The summed E-state index contributed by atoms with van der Waals surface area (Å²) in [4.78, 5) is 30.5. The highest BCUT2D eigenvalue weighted by molar-refractivity contribution is 7.14. The molecule has 0 aliphatic rings. The van der Waals surface area contributed by atoms with E-state index < -0.39 is 0 Å². The fourth-order valence-electron chi connectivity index (χ4n) is 2.84. The summed E-state index contributed by atoms with van der Waals surface area (Å²) in [6, 6.07) is 5.83. The van der Waals surface area contributed by atoms with Crippen molar-refractivity contribution in [3.63, 3.8) is 0 Å². The van der Waals surface area contributed by atoms with Gasteiger partial charge in [-0.3, -0.25) is 14.7 Å². The molecule has 7 heteroatoms. The molecule has 0 aliphatic heterocycles. The highest BCUT2D eigenvalue weighted by Gasteiger charge is 2.16. The molecule has 0 unspecified atom stereocenters. The van der Waals surface area contributed by atoms with Gasteiger partial charge in [0.05, 0.1) is 5.69 Å². The van der Waals surface area contributed by atoms with Crippen LogP contribution in [0.5, 0.6) is 0 Å². The molecule has 0 spiro atoms. The molecule has 27 heavy (non-hydrogen) atoms. The Hall–Kier alpha value is -2.67. The number of amides is 1.